The van der Waals surface area contributed by atoms with E-state index in [1.165, 1.54) is 25.7 Å². The summed E-state index contributed by atoms with van der Waals surface area (Å²) in [6.45, 7) is 5.81. The standard InChI is InChI=1S/C9H16/c1-3-5-7-9-8-6-4-2/h3,5,7H,1,4,6,8-9H2,2H3/b7-5+. The van der Waals surface area contributed by atoms with Crippen molar-refractivity contribution < 1.29 is 0 Å². The Morgan fingerprint density at radius 3 is 2.67 bits per heavy atom. The Bertz CT molecular complexity index is 80.0. The van der Waals surface area contributed by atoms with Crippen LogP contribution in [0.2, 0.25) is 0 Å². The van der Waals surface area contributed by atoms with Crippen LogP contribution in [0.3, 0.4) is 0 Å². The minimum atomic E-state index is 1.21. The Morgan fingerprint density at radius 1 is 1.33 bits per heavy atom. The second kappa shape index (κ2) is 7.48. The zero-order chi connectivity index (χ0) is 6.95. The van der Waals surface area contributed by atoms with Crippen LogP contribution >= 0.6 is 0 Å². The molecule has 0 saturated heterocycles. The third kappa shape index (κ3) is 7.48. The van der Waals surface area contributed by atoms with Gasteiger partial charge < -0.3 is 0 Å². The summed E-state index contributed by atoms with van der Waals surface area (Å²) in [5.41, 5.74) is 0. The third-order valence-corrected chi connectivity index (χ3v) is 1.25. The highest BCUT2D eigenvalue weighted by Crippen LogP contribution is 1.98. The minimum absolute atomic E-state index is 1.21. The van der Waals surface area contributed by atoms with E-state index in [4.69, 9.17) is 0 Å². The minimum Gasteiger partial charge on any atom is -0.0991 e. The van der Waals surface area contributed by atoms with Gasteiger partial charge in [0.25, 0.3) is 0 Å². The lowest BCUT2D eigenvalue weighted by Gasteiger charge is -1.89. The molecule has 0 unspecified atom stereocenters. The zero-order valence-corrected chi connectivity index (χ0v) is 6.27. The normalized spacial score (nSPS) is 10.3. The van der Waals surface area contributed by atoms with Crippen LogP contribution in [0.25, 0.3) is 0 Å². The quantitative estimate of drug-likeness (QED) is 0.389. The van der Waals surface area contributed by atoms with Gasteiger partial charge in [0, 0.05) is 0 Å². The van der Waals surface area contributed by atoms with Gasteiger partial charge in [-0.3, -0.25) is 0 Å². The Balaban J connectivity index is 2.90. The van der Waals surface area contributed by atoms with E-state index in [1.807, 2.05) is 12.2 Å². The summed E-state index contributed by atoms with van der Waals surface area (Å²) >= 11 is 0. The average molecular weight is 124 g/mol. The summed E-state index contributed by atoms with van der Waals surface area (Å²) in [5.74, 6) is 0. The number of rotatable bonds is 5. The first-order chi connectivity index (χ1) is 4.41. The monoisotopic (exact) mass is 124 g/mol. The Kier molecular flexibility index (Phi) is 7.05. The summed E-state index contributed by atoms with van der Waals surface area (Å²) in [7, 11) is 0. The van der Waals surface area contributed by atoms with Crippen molar-refractivity contribution in [3.8, 4) is 0 Å². The van der Waals surface area contributed by atoms with Crippen LogP contribution < -0.4 is 0 Å². The van der Waals surface area contributed by atoms with Gasteiger partial charge in [-0.05, 0) is 12.8 Å². The molecule has 0 heterocycles. The molecular weight excluding hydrogens is 108 g/mol. The van der Waals surface area contributed by atoms with Gasteiger partial charge in [0.2, 0.25) is 0 Å². The van der Waals surface area contributed by atoms with Crippen molar-refractivity contribution in [2.24, 2.45) is 0 Å². The molecular formula is C9H16. The molecule has 0 N–H and O–H groups in total. The molecule has 0 aromatic rings. The Hall–Kier alpha value is -0.520. The first-order valence-corrected chi connectivity index (χ1v) is 3.69. The van der Waals surface area contributed by atoms with Crippen LogP contribution in [0, 0.1) is 0 Å². The van der Waals surface area contributed by atoms with Crippen LogP contribution in [-0.4, -0.2) is 0 Å². The van der Waals surface area contributed by atoms with Crippen LogP contribution in [0.15, 0.2) is 24.8 Å². The first kappa shape index (κ1) is 8.48. The molecule has 0 aliphatic rings. The average Bonchev–Trinajstić information content (AvgIpc) is 1.89. The van der Waals surface area contributed by atoms with E-state index in [9.17, 15) is 0 Å². The summed E-state index contributed by atoms with van der Waals surface area (Å²) in [4.78, 5) is 0. The first-order valence-electron chi connectivity index (χ1n) is 3.69. The van der Waals surface area contributed by atoms with E-state index < -0.39 is 0 Å². The van der Waals surface area contributed by atoms with Gasteiger partial charge in [-0.1, -0.05) is 44.6 Å². The van der Waals surface area contributed by atoms with Crippen LogP contribution in [0.4, 0.5) is 0 Å². The largest absolute Gasteiger partial charge is 0.0991 e. The fraction of sp³-hybridized carbons (Fsp3) is 0.556. The van der Waals surface area contributed by atoms with Gasteiger partial charge in [0.05, 0.1) is 0 Å². The second-order valence-corrected chi connectivity index (χ2v) is 2.16. The van der Waals surface area contributed by atoms with E-state index in [1.54, 1.807) is 0 Å². The maximum atomic E-state index is 3.59. The molecule has 0 spiro atoms. The summed E-state index contributed by atoms with van der Waals surface area (Å²) in [6, 6.07) is 0. The Labute approximate surface area is 58.3 Å². The lowest BCUT2D eigenvalue weighted by Crippen LogP contribution is -1.69. The molecule has 0 radical (unpaired) electrons. The van der Waals surface area contributed by atoms with E-state index in [0.717, 1.165) is 0 Å². The van der Waals surface area contributed by atoms with Gasteiger partial charge in [-0.2, -0.15) is 0 Å². The molecule has 9 heavy (non-hydrogen) atoms. The maximum Gasteiger partial charge on any atom is -0.0348 e. The zero-order valence-electron chi connectivity index (χ0n) is 6.27. The van der Waals surface area contributed by atoms with Gasteiger partial charge in [0.1, 0.15) is 0 Å². The van der Waals surface area contributed by atoms with E-state index in [0.29, 0.717) is 0 Å². The van der Waals surface area contributed by atoms with Crippen molar-refractivity contribution in [3.63, 3.8) is 0 Å². The predicted molar refractivity (Wildman–Crippen MR) is 43.5 cm³/mol. The van der Waals surface area contributed by atoms with Gasteiger partial charge in [0.15, 0.2) is 0 Å². The summed E-state index contributed by atoms with van der Waals surface area (Å²) < 4.78 is 0. The highest BCUT2D eigenvalue weighted by molar-refractivity contribution is 4.96. The van der Waals surface area contributed by atoms with E-state index in [-0.39, 0.29) is 0 Å². The molecule has 0 saturated carbocycles. The Morgan fingerprint density at radius 2 is 2.11 bits per heavy atom. The van der Waals surface area contributed by atoms with Crippen molar-refractivity contribution in [3.05, 3.63) is 24.8 Å². The molecule has 0 amide bonds. The number of allylic oxidation sites excluding steroid dienone is 3. The van der Waals surface area contributed by atoms with Crippen LogP contribution in [0.5, 0.6) is 0 Å². The third-order valence-electron chi connectivity index (χ3n) is 1.25. The highest BCUT2D eigenvalue weighted by Gasteiger charge is 1.78. The molecule has 0 heteroatoms. The molecule has 0 nitrogen and oxygen atoms in total. The molecule has 52 valence electrons. The van der Waals surface area contributed by atoms with Crippen LogP contribution in [0.1, 0.15) is 32.6 Å². The summed E-state index contributed by atoms with van der Waals surface area (Å²) in [5, 5.41) is 0. The molecule has 0 aromatic heterocycles. The predicted octanol–water partition coefficient (Wildman–Crippen LogP) is 3.31. The lowest BCUT2D eigenvalue weighted by molar-refractivity contribution is 0.729. The van der Waals surface area contributed by atoms with Crippen molar-refractivity contribution in [2.45, 2.75) is 32.6 Å². The molecule has 0 rings (SSSR count). The number of unbranched alkanes of at least 4 members (excludes halogenated alkanes) is 3. The molecule has 0 bridgehead atoms. The van der Waals surface area contributed by atoms with Crippen molar-refractivity contribution >= 4 is 0 Å². The molecule has 0 aliphatic carbocycles. The summed E-state index contributed by atoms with van der Waals surface area (Å²) in [6.07, 6.45) is 11.2. The second-order valence-electron chi connectivity index (χ2n) is 2.16. The fourth-order valence-electron chi connectivity index (χ4n) is 0.705. The lowest BCUT2D eigenvalue weighted by atomic mass is 10.2. The molecule has 0 atom stereocenters. The van der Waals surface area contributed by atoms with Gasteiger partial charge in [-0.25, -0.2) is 0 Å². The molecule has 0 fully saturated rings. The molecule has 0 aromatic carbocycles. The highest BCUT2D eigenvalue weighted by atomic mass is 13.8. The van der Waals surface area contributed by atoms with Crippen molar-refractivity contribution in [1.82, 2.24) is 0 Å². The number of hydrogen-bond acceptors (Lipinski definition) is 0. The van der Waals surface area contributed by atoms with Crippen molar-refractivity contribution in [1.29, 1.82) is 0 Å². The maximum absolute atomic E-state index is 3.59. The SMILES string of the molecule is C=C/C=C/CCCCC. The van der Waals surface area contributed by atoms with Gasteiger partial charge in [-0.15, -0.1) is 0 Å². The fourth-order valence-corrected chi connectivity index (χ4v) is 0.705. The van der Waals surface area contributed by atoms with Gasteiger partial charge >= 0.3 is 0 Å². The number of hydrogen-bond donors (Lipinski definition) is 0. The smallest absolute Gasteiger partial charge is 0.0348 e. The van der Waals surface area contributed by atoms with E-state index >= 15 is 0 Å². The topological polar surface area (TPSA) is 0 Å². The van der Waals surface area contributed by atoms with E-state index in [2.05, 4.69) is 19.6 Å². The van der Waals surface area contributed by atoms with Crippen LogP contribution in [-0.2, 0) is 0 Å². The molecule has 0 aliphatic heterocycles. The van der Waals surface area contributed by atoms with Crippen molar-refractivity contribution in [2.75, 3.05) is 0 Å².